The Morgan fingerprint density at radius 1 is 1.05 bits per heavy atom. The van der Waals surface area contributed by atoms with Gasteiger partial charge in [0.05, 0.1) is 19.1 Å². The molecule has 12 heteroatoms. The molecule has 214 valence electrons. The molecule has 0 radical (unpaired) electrons. The zero-order valence-electron chi connectivity index (χ0n) is 22.4. The van der Waals surface area contributed by atoms with Crippen LogP contribution in [0, 0.1) is 0 Å². The average Bonchev–Trinajstić information content (AvgIpc) is 3.39. The SMILES string of the molecule is CC(C)(C)c1ccc(-c2noc(COc3ccc(C4CN(CCC(=O)OC(=O)C(F)(F)F)CCO4)cc3)n2)cc1. The fourth-order valence-corrected chi connectivity index (χ4v) is 4.04. The molecule has 0 N–H and O–H groups in total. The van der Waals surface area contributed by atoms with Gasteiger partial charge in [-0.1, -0.05) is 62.3 Å². The van der Waals surface area contributed by atoms with E-state index in [1.54, 1.807) is 12.1 Å². The lowest BCUT2D eigenvalue weighted by Crippen LogP contribution is -2.39. The van der Waals surface area contributed by atoms with E-state index >= 15 is 0 Å². The molecule has 0 bridgehead atoms. The first kappa shape index (κ1) is 29.2. The van der Waals surface area contributed by atoms with Crippen LogP contribution >= 0.6 is 0 Å². The Labute approximate surface area is 229 Å². The zero-order chi connectivity index (χ0) is 28.9. The molecule has 1 saturated heterocycles. The minimum absolute atomic E-state index is 0.0492. The Morgan fingerprint density at radius 2 is 1.75 bits per heavy atom. The van der Waals surface area contributed by atoms with Crippen LogP contribution in [-0.4, -0.2) is 59.4 Å². The standard InChI is InChI=1S/C28H30F3N3O6/c1-27(2,3)20-8-4-19(5-9-20)25-32-23(40-33-25)17-38-21-10-6-18(7-11-21)22-16-34(14-15-37-22)13-12-24(35)39-26(36)28(29,30)31/h4-11,22H,12-17H2,1-3H3. The minimum Gasteiger partial charge on any atom is -0.484 e. The van der Waals surface area contributed by atoms with Crippen LogP contribution in [-0.2, 0) is 31.1 Å². The topological polar surface area (TPSA) is 104 Å². The molecular weight excluding hydrogens is 531 g/mol. The van der Waals surface area contributed by atoms with Gasteiger partial charge in [0.1, 0.15) is 5.75 Å². The van der Waals surface area contributed by atoms with Crippen molar-refractivity contribution in [1.82, 2.24) is 15.0 Å². The number of aromatic nitrogens is 2. The lowest BCUT2D eigenvalue weighted by molar-refractivity contribution is -0.202. The van der Waals surface area contributed by atoms with Gasteiger partial charge in [0.15, 0.2) is 6.61 Å². The Kier molecular flexibility index (Phi) is 8.89. The first-order valence-corrected chi connectivity index (χ1v) is 12.7. The maximum atomic E-state index is 12.2. The molecule has 3 aromatic rings. The zero-order valence-corrected chi connectivity index (χ0v) is 22.4. The summed E-state index contributed by atoms with van der Waals surface area (Å²) in [6, 6.07) is 15.3. The second kappa shape index (κ2) is 12.2. The summed E-state index contributed by atoms with van der Waals surface area (Å²) in [6.45, 7) is 7.95. The van der Waals surface area contributed by atoms with Crippen LogP contribution in [0.1, 0.15) is 50.3 Å². The highest BCUT2D eigenvalue weighted by atomic mass is 19.4. The van der Waals surface area contributed by atoms with E-state index < -0.39 is 18.1 Å². The summed E-state index contributed by atoms with van der Waals surface area (Å²) in [5.41, 5.74) is 2.97. The van der Waals surface area contributed by atoms with Crippen LogP contribution in [0.3, 0.4) is 0 Å². The first-order valence-electron chi connectivity index (χ1n) is 12.7. The quantitative estimate of drug-likeness (QED) is 0.277. The molecule has 0 spiro atoms. The molecule has 1 aliphatic rings. The third kappa shape index (κ3) is 7.89. The highest BCUT2D eigenvalue weighted by Gasteiger charge is 2.42. The van der Waals surface area contributed by atoms with Crippen LogP contribution in [0.25, 0.3) is 11.4 Å². The predicted molar refractivity (Wildman–Crippen MR) is 136 cm³/mol. The van der Waals surface area contributed by atoms with Crippen LogP contribution < -0.4 is 4.74 Å². The van der Waals surface area contributed by atoms with Gasteiger partial charge in [0.2, 0.25) is 5.82 Å². The second-order valence-electron chi connectivity index (χ2n) is 10.4. The Morgan fingerprint density at radius 3 is 2.40 bits per heavy atom. The highest BCUT2D eigenvalue weighted by Crippen LogP contribution is 2.27. The number of alkyl halides is 3. The fourth-order valence-electron chi connectivity index (χ4n) is 4.04. The van der Waals surface area contributed by atoms with Crippen molar-refractivity contribution in [2.45, 2.75) is 51.5 Å². The molecule has 2 heterocycles. The van der Waals surface area contributed by atoms with Crippen molar-refractivity contribution in [1.29, 1.82) is 0 Å². The second-order valence-corrected chi connectivity index (χ2v) is 10.4. The molecule has 9 nitrogen and oxygen atoms in total. The van der Waals surface area contributed by atoms with Gasteiger partial charge < -0.3 is 18.7 Å². The molecule has 1 fully saturated rings. The Hall–Kier alpha value is -3.77. The van der Waals surface area contributed by atoms with Crippen LogP contribution in [0.2, 0.25) is 0 Å². The number of ether oxygens (including phenoxy) is 3. The molecule has 1 aliphatic heterocycles. The summed E-state index contributed by atoms with van der Waals surface area (Å²) in [5.74, 6) is -2.33. The summed E-state index contributed by atoms with van der Waals surface area (Å²) >= 11 is 0. The summed E-state index contributed by atoms with van der Waals surface area (Å²) < 4.78 is 57.5. The van der Waals surface area contributed by atoms with Crippen LogP contribution in [0.15, 0.2) is 53.1 Å². The fraction of sp³-hybridized carbons (Fsp3) is 0.429. The van der Waals surface area contributed by atoms with E-state index in [1.807, 2.05) is 41.3 Å². The number of morpholine rings is 1. The van der Waals surface area contributed by atoms with Gasteiger partial charge >= 0.3 is 18.1 Å². The Bertz CT molecular complexity index is 1300. The van der Waals surface area contributed by atoms with Gasteiger partial charge in [-0.25, -0.2) is 4.79 Å². The molecule has 40 heavy (non-hydrogen) atoms. The van der Waals surface area contributed by atoms with Gasteiger partial charge in [0, 0.05) is 25.2 Å². The van der Waals surface area contributed by atoms with Gasteiger partial charge in [-0.3, -0.25) is 9.69 Å². The number of hydrogen-bond donors (Lipinski definition) is 0. The van der Waals surface area contributed by atoms with Crippen molar-refractivity contribution < 1.29 is 41.5 Å². The van der Waals surface area contributed by atoms with E-state index in [0.717, 1.165) is 11.1 Å². The average molecular weight is 562 g/mol. The number of carbonyl (C=O) groups excluding carboxylic acids is 2. The van der Waals surface area contributed by atoms with Crippen LogP contribution in [0.4, 0.5) is 13.2 Å². The van der Waals surface area contributed by atoms with Gasteiger partial charge in [-0.2, -0.15) is 18.2 Å². The van der Waals surface area contributed by atoms with E-state index in [9.17, 15) is 22.8 Å². The van der Waals surface area contributed by atoms with E-state index in [4.69, 9.17) is 14.0 Å². The third-order valence-electron chi connectivity index (χ3n) is 6.31. The lowest BCUT2D eigenvalue weighted by atomic mass is 9.87. The van der Waals surface area contributed by atoms with Gasteiger partial charge in [0.25, 0.3) is 5.89 Å². The molecular formula is C28H30F3N3O6. The molecule has 1 aromatic heterocycles. The van der Waals surface area contributed by atoms with Crippen molar-refractivity contribution in [3.63, 3.8) is 0 Å². The summed E-state index contributed by atoms with van der Waals surface area (Å²) in [4.78, 5) is 28.6. The number of rotatable bonds is 8. The molecule has 1 atom stereocenters. The van der Waals surface area contributed by atoms with Crippen LogP contribution in [0.5, 0.6) is 5.75 Å². The number of hydrogen-bond acceptors (Lipinski definition) is 9. The van der Waals surface area contributed by atoms with E-state index in [2.05, 4.69) is 35.6 Å². The maximum absolute atomic E-state index is 12.2. The summed E-state index contributed by atoms with van der Waals surface area (Å²) in [5, 5.41) is 4.04. The van der Waals surface area contributed by atoms with E-state index in [1.165, 1.54) is 5.56 Å². The smallest absolute Gasteiger partial charge is 0.484 e. The molecule has 2 aromatic carbocycles. The predicted octanol–water partition coefficient (Wildman–Crippen LogP) is 5.01. The van der Waals surface area contributed by atoms with Crippen molar-refractivity contribution in [3.05, 3.63) is 65.5 Å². The van der Waals surface area contributed by atoms with Gasteiger partial charge in [-0.05, 0) is 28.7 Å². The number of nitrogens with zero attached hydrogens (tertiary/aromatic N) is 3. The number of benzene rings is 2. The molecule has 4 rings (SSSR count). The van der Waals surface area contributed by atoms with Crippen molar-refractivity contribution in [2.75, 3.05) is 26.2 Å². The third-order valence-corrected chi connectivity index (χ3v) is 6.31. The van der Waals surface area contributed by atoms with Crippen molar-refractivity contribution in [2.24, 2.45) is 0 Å². The van der Waals surface area contributed by atoms with E-state index in [-0.39, 0.29) is 31.1 Å². The van der Waals surface area contributed by atoms with Crippen molar-refractivity contribution >= 4 is 11.9 Å². The number of esters is 2. The largest absolute Gasteiger partial charge is 0.491 e. The molecule has 1 unspecified atom stereocenters. The normalized spacial score (nSPS) is 16.5. The molecule has 0 aliphatic carbocycles. The van der Waals surface area contributed by atoms with E-state index in [0.29, 0.717) is 37.2 Å². The summed E-state index contributed by atoms with van der Waals surface area (Å²) in [7, 11) is 0. The lowest BCUT2D eigenvalue weighted by Gasteiger charge is -2.33. The number of halogens is 3. The number of carbonyl (C=O) groups is 2. The van der Waals surface area contributed by atoms with Crippen molar-refractivity contribution in [3.8, 4) is 17.1 Å². The van der Waals surface area contributed by atoms with Gasteiger partial charge in [-0.15, -0.1) is 0 Å². The minimum atomic E-state index is -5.21. The maximum Gasteiger partial charge on any atom is 0.491 e. The first-order chi connectivity index (χ1) is 18.9. The molecule has 0 amide bonds. The monoisotopic (exact) mass is 561 g/mol. The molecule has 0 saturated carbocycles. The Balaban J connectivity index is 1.25. The highest BCUT2D eigenvalue weighted by molar-refractivity contribution is 5.88. The summed E-state index contributed by atoms with van der Waals surface area (Å²) in [6.07, 6.45) is -5.86.